The molecule has 0 saturated heterocycles. The first-order valence-corrected chi connectivity index (χ1v) is 7.12. The molecule has 3 aromatic rings. The van der Waals surface area contributed by atoms with Gasteiger partial charge >= 0.3 is 0 Å². The summed E-state index contributed by atoms with van der Waals surface area (Å²) in [6, 6.07) is 10.2. The molecule has 3 rings (SSSR count). The van der Waals surface area contributed by atoms with Gasteiger partial charge in [-0.25, -0.2) is 4.98 Å². The lowest BCUT2D eigenvalue weighted by atomic mass is 10.1. The van der Waals surface area contributed by atoms with E-state index in [4.69, 9.17) is 11.6 Å². The minimum atomic E-state index is 0.573. The summed E-state index contributed by atoms with van der Waals surface area (Å²) in [5.41, 5.74) is 3.05. The van der Waals surface area contributed by atoms with Crippen LogP contribution >= 0.6 is 22.9 Å². The van der Waals surface area contributed by atoms with Gasteiger partial charge in [-0.15, -0.1) is 11.3 Å². The maximum absolute atomic E-state index is 5.83. The summed E-state index contributed by atoms with van der Waals surface area (Å²) in [7, 11) is 0. The summed E-state index contributed by atoms with van der Waals surface area (Å²) in [5, 5.41) is 4.53. The summed E-state index contributed by atoms with van der Waals surface area (Å²) in [4.78, 5) is 9.73. The number of aryl methyl sites for hydroxylation is 1. The van der Waals surface area contributed by atoms with Crippen molar-refractivity contribution in [2.75, 3.05) is 5.32 Å². The van der Waals surface area contributed by atoms with Crippen molar-refractivity contribution >= 4 is 39.5 Å². The molecule has 96 valence electrons. The van der Waals surface area contributed by atoms with Crippen LogP contribution in [0.15, 0.2) is 36.5 Å². The summed E-state index contributed by atoms with van der Waals surface area (Å²) in [6.07, 6.45) is 1.80. The van der Waals surface area contributed by atoms with Gasteiger partial charge in [0.05, 0.1) is 17.7 Å². The number of nitrogens with one attached hydrogen (secondary N) is 1. The van der Waals surface area contributed by atoms with Gasteiger partial charge in [0, 0.05) is 22.2 Å². The molecule has 0 aliphatic carbocycles. The standard InChI is InChI=1S/C14H12ClN3S/c1-9-5-6-10-3-2-4-12(13(10)18-9)16-7-11-8-17-14(15)19-11/h2-6,8,16H,7H2,1H3. The van der Waals surface area contributed by atoms with Gasteiger partial charge in [0.15, 0.2) is 4.47 Å². The number of para-hydroxylation sites is 1. The molecule has 2 aromatic heterocycles. The molecule has 0 fully saturated rings. The van der Waals surface area contributed by atoms with E-state index in [0.29, 0.717) is 11.0 Å². The number of halogens is 1. The van der Waals surface area contributed by atoms with Crippen molar-refractivity contribution in [3.05, 3.63) is 51.6 Å². The lowest BCUT2D eigenvalue weighted by Gasteiger charge is -2.08. The third kappa shape index (κ3) is 2.69. The van der Waals surface area contributed by atoms with Gasteiger partial charge in [-0.2, -0.15) is 0 Å². The second-order valence-electron chi connectivity index (χ2n) is 4.26. The van der Waals surface area contributed by atoms with Crippen molar-refractivity contribution in [1.82, 2.24) is 9.97 Å². The minimum Gasteiger partial charge on any atom is -0.378 e. The molecule has 1 N–H and O–H groups in total. The normalized spacial score (nSPS) is 10.8. The van der Waals surface area contributed by atoms with E-state index >= 15 is 0 Å². The number of thiazole rings is 1. The zero-order valence-electron chi connectivity index (χ0n) is 10.4. The van der Waals surface area contributed by atoms with Gasteiger partial charge in [0.2, 0.25) is 0 Å². The number of nitrogens with zero attached hydrogens (tertiary/aromatic N) is 2. The summed E-state index contributed by atoms with van der Waals surface area (Å²) in [6.45, 7) is 2.71. The Labute approximate surface area is 120 Å². The molecule has 0 spiro atoms. The van der Waals surface area contributed by atoms with Crippen molar-refractivity contribution in [3.8, 4) is 0 Å². The molecular formula is C14H12ClN3S. The Hall–Kier alpha value is -1.65. The Morgan fingerprint density at radius 3 is 2.95 bits per heavy atom. The van der Waals surface area contributed by atoms with Gasteiger partial charge in [-0.1, -0.05) is 29.8 Å². The molecule has 0 aliphatic heterocycles. The van der Waals surface area contributed by atoms with Gasteiger partial charge in [-0.05, 0) is 19.1 Å². The second-order valence-corrected chi connectivity index (χ2v) is 5.96. The molecule has 0 atom stereocenters. The number of hydrogen-bond acceptors (Lipinski definition) is 4. The van der Waals surface area contributed by atoms with E-state index < -0.39 is 0 Å². The second kappa shape index (κ2) is 5.15. The fraction of sp³-hybridized carbons (Fsp3) is 0.143. The third-order valence-electron chi connectivity index (χ3n) is 2.84. The first-order valence-electron chi connectivity index (χ1n) is 5.93. The first-order chi connectivity index (χ1) is 9.22. The van der Waals surface area contributed by atoms with Crippen LogP contribution in [-0.2, 0) is 6.54 Å². The van der Waals surface area contributed by atoms with Crippen LogP contribution in [0.4, 0.5) is 5.69 Å². The Balaban J connectivity index is 1.90. The van der Waals surface area contributed by atoms with E-state index in [1.165, 1.54) is 11.3 Å². The number of rotatable bonds is 3. The van der Waals surface area contributed by atoms with Crippen LogP contribution in [0.5, 0.6) is 0 Å². The molecule has 19 heavy (non-hydrogen) atoms. The highest BCUT2D eigenvalue weighted by atomic mass is 35.5. The zero-order valence-corrected chi connectivity index (χ0v) is 11.9. The quantitative estimate of drug-likeness (QED) is 0.782. The molecule has 3 nitrogen and oxygen atoms in total. The van der Waals surface area contributed by atoms with Gasteiger partial charge in [-0.3, -0.25) is 4.98 Å². The topological polar surface area (TPSA) is 37.8 Å². The largest absolute Gasteiger partial charge is 0.378 e. The molecule has 0 aliphatic rings. The fourth-order valence-electron chi connectivity index (χ4n) is 1.93. The smallest absolute Gasteiger partial charge is 0.183 e. The Kier molecular flexibility index (Phi) is 3.36. The van der Waals surface area contributed by atoms with Crippen molar-refractivity contribution in [3.63, 3.8) is 0 Å². The highest BCUT2D eigenvalue weighted by molar-refractivity contribution is 7.15. The Morgan fingerprint density at radius 1 is 1.26 bits per heavy atom. The number of anilines is 1. The molecule has 0 radical (unpaired) electrons. The van der Waals surface area contributed by atoms with Gasteiger partial charge in [0.1, 0.15) is 0 Å². The third-order valence-corrected chi connectivity index (χ3v) is 3.95. The molecule has 0 amide bonds. The van der Waals surface area contributed by atoms with E-state index in [2.05, 4.69) is 27.4 Å². The molecule has 5 heteroatoms. The molecule has 0 bridgehead atoms. The van der Waals surface area contributed by atoms with E-state index in [0.717, 1.165) is 27.2 Å². The number of benzene rings is 1. The lowest BCUT2D eigenvalue weighted by Crippen LogP contribution is -1.99. The maximum atomic E-state index is 5.83. The van der Waals surface area contributed by atoms with Crippen LogP contribution in [0, 0.1) is 6.92 Å². The van der Waals surface area contributed by atoms with Crippen molar-refractivity contribution in [2.45, 2.75) is 13.5 Å². The molecule has 2 heterocycles. The highest BCUT2D eigenvalue weighted by Crippen LogP contribution is 2.24. The summed E-state index contributed by atoms with van der Waals surface area (Å²) in [5.74, 6) is 0. The first kappa shape index (κ1) is 12.4. The predicted octanol–water partition coefficient (Wildman–Crippen LogP) is 4.27. The van der Waals surface area contributed by atoms with Crippen molar-refractivity contribution in [2.24, 2.45) is 0 Å². The Morgan fingerprint density at radius 2 is 2.16 bits per heavy atom. The van der Waals surface area contributed by atoms with E-state index in [1.54, 1.807) is 6.20 Å². The lowest BCUT2D eigenvalue weighted by molar-refractivity contribution is 1.17. The fourth-order valence-corrected chi connectivity index (χ4v) is 2.85. The Bertz CT molecular complexity index is 724. The van der Waals surface area contributed by atoms with Crippen molar-refractivity contribution in [1.29, 1.82) is 0 Å². The van der Waals surface area contributed by atoms with Gasteiger partial charge in [0.25, 0.3) is 0 Å². The van der Waals surface area contributed by atoms with Crippen LogP contribution in [-0.4, -0.2) is 9.97 Å². The van der Waals surface area contributed by atoms with Crippen LogP contribution < -0.4 is 5.32 Å². The summed E-state index contributed by atoms with van der Waals surface area (Å²) < 4.78 is 0.573. The SMILES string of the molecule is Cc1ccc2cccc(NCc3cnc(Cl)s3)c2n1. The van der Waals surface area contributed by atoms with E-state index in [-0.39, 0.29) is 0 Å². The van der Waals surface area contributed by atoms with Crippen LogP contribution in [0.25, 0.3) is 10.9 Å². The monoisotopic (exact) mass is 289 g/mol. The minimum absolute atomic E-state index is 0.573. The highest BCUT2D eigenvalue weighted by Gasteiger charge is 2.04. The van der Waals surface area contributed by atoms with Gasteiger partial charge < -0.3 is 5.32 Å². The molecule has 0 saturated carbocycles. The number of hydrogen-bond donors (Lipinski definition) is 1. The van der Waals surface area contributed by atoms with E-state index in [9.17, 15) is 0 Å². The number of fused-ring (bicyclic) bond motifs is 1. The van der Waals surface area contributed by atoms with Crippen molar-refractivity contribution < 1.29 is 0 Å². The molecular weight excluding hydrogens is 278 g/mol. The average molecular weight is 290 g/mol. The van der Waals surface area contributed by atoms with E-state index in [1.807, 2.05) is 25.1 Å². The summed E-state index contributed by atoms with van der Waals surface area (Å²) >= 11 is 7.31. The zero-order chi connectivity index (χ0) is 13.2. The maximum Gasteiger partial charge on any atom is 0.183 e. The molecule has 0 unspecified atom stereocenters. The molecule has 1 aromatic carbocycles. The van der Waals surface area contributed by atoms with Crippen LogP contribution in [0.2, 0.25) is 4.47 Å². The predicted molar refractivity (Wildman–Crippen MR) is 80.9 cm³/mol. The number of aromatic nitrogens is 2. The van der Waals surface area contributed by atoms with Crippen LogP contribution in [0.3, 0.4) is 0 Å². The van der Waals surface area contributed by atoms with Crippen LogP contribution in [0.1, 0.15) is 10.6 Å². The number of pyridine rings is 1. The average Bonchev–Trinajstić information content (AvgIpc) is 2.82.